The van der Waals surface area contributed by atoms with E-state index in [1.807, 2.05) is 19.9 Å². The number of nitrogens with one attached hydrogen (secondary N) is 1. The Morgan fingerprint density at radius 1 is 1.10 bits per heavy atom. The molecule has 3 aromatic rings. The second-order valence-corrected chi connectivity index (χ2v) is 10.7. The normalized spacial score (nSPS) is 15.5. The zero-order valence-corrected chi connectivity index (χ0v) is 18.7. The molecular formula is C20H23N5O3S2. The van der Waals surface area contributed by atoms with Crippen molar-refractivity contribution in [1.29, 1.82) is 0 Å². The van der Waals surface area contributed by atoms with Crippen LogP contribution in [0.4, 0.5) is 11.1 Å². The summed E-state index contributed by atoms with van der Waals surface area (Å²) in [6, 6.07) is 6.74. The summed E-state index contributed by atoms with van der Waals surface area (Å²) in [4.78, 5) is 28.5. The van der Waals surface area contributed by atoms with E-state index >= 15 is 0 Å². The van der Waals surface area contributed by atoms with E-state index in [2.05, 4.69) is 25.2 Å². The first kappa shape index (κ1) is 20.7. The van der Waals surface area contributed by atoms with E-state index in [-0.39, 0.29) is 16.7 Å². The van der Waals surface area contributed by atoms with Crippen LogP contribution in [0.2, 0.25) is 0 Å². The number of carbonyl (C=O) groups is 1. The van der Waals surface area contributed by atoms with Crippen molar-refractivity contribution in [3.05, 3.63) is 35.7 Å². The molecule has 0 bridgehead atoms. The number of benzene rings is 1. The van der Waals surface area contributed by atoms with Gasteiger partial charge in [-0.25, -0.2) is 23.4 Å². The van der Waals surface area contributed by atoms with Crippen molar-refractivity contribution >= 4 is 48.4 Å². The van der Waals surface area contributed by atoms with Gasteiger partial charge in [0, 0.05) is 36.7 Å². The van der Waals surface area contributed by atoms with Crippen LogP contribution in [-0.4, -0.2) is 48.6 Å². The highest BCUT2D eigenvalue weighted by Gasteiger charge is 2.27. The van der Waals surface area contributed by atoms with Crippen molar-refractivity contribution in [2.24, 2.45) is 5.92 Å². The maximum absolute atomic E-state index is 12.7. The van der Waals surface area contributed by atoms with Crippen LogP contribution in [0, 0.1) is 19.8 Å². The first-order valence-electron chi connectivity index (χ1n) is 9.68. The first-order chi connectivity index (χ1) is 14.2. The van der Waals surface area contributed by atoms with Gasteiger partial charge in [-0.1, -0.05) is 11.3 Å². The number of aryl methyl sites for hydroxylation is 2. The Bertz CT molecular complexity index is 1190. The molecule has 0 spiro atoms. The lowest BCUT2D eigenvalue weighted by Crippen LogP contribution is -2.39. The predicted molar refractivity (Wildman–Crippen MR) is 118 cm³/mol. The van der Waals surface area contributed by atoms with Crippen LogP contribution in [-0.2, 0) is 14.6 Å². The van der Waals surface area contributed by atoms with Crippen LogP contribution in [0.15, 0.2) is 29.2 Å². The van der Waals surface area contributed by atoms with Crippen molar-refractivity contribution in [2.45, 2.75) is 31.6 Å². The van der Waals surface area contributed by atoms with Gasteiger partial charge in [0.25, 0.3) is 0 Å². The fraction of sp³-hybridized carbons (Fsp3) is 0.400. The average Bonchev–Trinajstić information content (AvgIpc) is 3.08. The molecule has 1 amide bonds. The predicted octanol–water partition coefficient (Wildman–Crippen LogP) is 2.96. The van der Waals surface area contributed by atoms with E-state index in [9.17, 15) is 13.2 Å². The maximum Gasteiger partial charge on any atom is 0.229 e. The Morgan fingerprint density at radius 2 is 1.77 bits per heavy atom. The molecule has 0 unspecified atom stereocenters. The summed E-state index contributed by atoms with van der Waals surface area (Å²) in [6.07, 6.45) is 2.60. The van der Waals surface area contributed by atoms with Crippen LogP contribution >= 0.6 is 11.3 Å². The number of nitrogens with zero attached hydrogens (tertiary/aromatic N) is 4. The van der Waals surface area contributed by atoms with Gasteiger partial charge in [0.05, 0.1) is 15.1 Å². The third kappa shape index (κ3) is 4.44. The standard InChI is InChI=1S/C20H23N5O3S2/c1-12-10-13(2)22-19(21-12)25-8-6-14(7-9-25)18(26)24-20-23-16-5-4-15(30(3,27)28)11-17(16)29-20/h4-5,10-11,14H,6-9H2,1-3H3,(H,23,24,26). The molecule has 1 N–H and O–H groups in total. The monoisotopic (exact) mass is 445 g/mol. The lowest BCUT2D eigenvalue weighted by atomic mass is 9.96. The number of rotatable bonds is 4. The zero-order valence-electron chi connectivity index (χ0n) is 17.0. The zero-order chi connectivity index (χ0) is 21.5. The van der Waals surface area contributed by atoms with Crippen LogP contribution < -0.4 is 10.2 Å². The van der Waals surface area contributed by atoms with Gasteiger partial charge in [0.1, 0.15) is 0 Å². The van der Waals surface area contributed by atoms with E-state index in [0.717, 1.165) is 35.1 Å². The van der Waals surface area contributed by atoms with Gasteiger partial charge in [-0.05, 0) is 51.0 Å². The summed E-state index contributed by atoms with van der Waals surface area (Å²) < 4.78 is 24.2. The summed E-state index contributed by atoms with van der Waals surface area (Å²) in [5.74, 6) is 0.559. The van der Waals surface area contributed by atoms with Gasteiger partial charge >= 0.3 is 0 Å². The van der Waals surface area contributed by atoms with Crippen molar-refractivity contribution in [1.82, 2.24) is 15.0 Å². The van der Waals surface area contributed by atoms with Crippen molar-refractivity contribution in [2.75, 3.05) is 29.6 Å². The van der Waals surface area contributed by atoms with E-state index in [1.165, 1.54) is 23.7 Å². The van der Waals surface area contributed by atoms with E-state index in [4.69, 9.17) is 0 Å². The number of aromatic nitrogens is 3. The Labute approximate surface area is 179 Å². The van der Waals surface area contributed by atoms with Gasteiger partial charge < -0.3 is 10.2 Å². The number of piperidine rings is 1. The second-order valence-electron chi connectivity index (χ2n) is 7.62. The van der Waals surface area contributed by atoms with Crippen molar-refractivity contribution in [3.8, 4) is 0 Å². The molecule has 3 heterocycles. The molecule has 1 aromatic carbocycles. The van der Waals surface area contributed by atoms with E-state index in [1.54, 1.807) is 12.1 Å². The number of hydrogen-bond donors (Lipinski definition) is 1. The van der Waals surface area contributed by atoms with Crippen LogP contribution in [0.1, 0.15) is 24.2 Å². The van der Waals surface area contributed by atoms with E-state index < -0.39 is 9.84 Å². The van der Waals surface area contributed by atoms with Crippen LogP contribution in [0.3, 0.4) is 0 Å². The Kier molecular flexibility index (Phi) is 5.46. The Balaban J connectivity index is 1.41. The lowest BCUT2D eigenvalue weighted by Gasteiger charge is -2.31. The molecule has 0 radical (unpaired) electrons. The quantitative estimate of drug-likeness (QED) is 0.658. The van der Waals surface area contributed by atoms with Crippen LogP contribution in [0.25, 0.3) is 10.2 Å². The molecule has 1 saturated heterocycles. The van der Waals surface area contributed by atoms with Gasteiger partial charge in [-0.2, -0.15) is 0 Å². The summed E-state index contributed by atoms with van der Waals surface area (Å²) >= 11 is 1.28. The van der Waals surface area contributed by atoms with Gasteiger partial charge in [0.2, 0.25) is 11.9 Å². The molecule has 10 heteroatoms. The molecule has 8 nitrogen and oxygen atoms in total. The molecule has 2 aromatic heterocycles. The molecule has 1 aliphatic heterocycles. The number of hydrogen-bond acceptors (Lipinski definition) is 8. The Hall–Kier alpha value is -2.59. The fourth-order valence-electron chi connectivity index (χ4n) is 3.59. The minimum atomic E-state index is -3.28. The second kappa shape index (κ2) is 7.92. The molecule has 0 saturated carbocycles. The van der Waals surface area contributed by atoms with Crippen molar-refractivity contribution < 1.29 is 13.2 Å². The molecular weight excluding hydrogens is 422 g/mol. The topological polar surface area (TPSA) is 105 Å². The molecule has 30 heavy (non-hydrogen) atoms. The number of anilines is 2. The number of sulfone groups is 1. The number of amides is 1. The number of thiazole rings is 1. The van der Waals surface area contributed by atoms with E-state index in [0.29, 0.717) is 23.5 Å². The molecule has 158 valence electrons. The summed E-state index contributed by atoms with van der Waals surface area (Å²) in [7, 11) is -3.28. The van der Waals surface area contributed by atoms with Gasteiger partial charge in [-0.3, -0.25) is 4.79 Å². The largest absolute Gasteiger partial charge is 0.341 e. The Morgan fingerprint density at radius 3 is 2.40 bits per heavy atom. The summed E-state index contributed by atoms with van der Waals surface area (Å²) in [5, 5.41) is 3.39. The fourth-order valence-corrected chi connectivity index (χ4v) is 5.22. The molecule has 1 aliphatic rings. The molecule has 1 fully saturated rings. The van der Waals surface area contributed by atoms with Gasteiger partial charge in [-0.15, -0.1) is 0 Å². The minimum Gasteiger partial charge on any atom is -0.341 e. The lowest BCUT2D eigenvalue weighted by molar-refractivity contribution is -0.120. The van der Waals surface area contributed by atoms with Crippen LogP contribution in [0.5, 0.6) is 0 Å². The van der Waals surface area contributed by atoms with Crippen molar-refractivity contribution in [3.63, 3.8) is 0 Å². The molecule has 0 aliphatic carbocycles. The maximum atomic E-state index is 12.7. The molecule has 4 rings (SSSR count). The molecule has 0 atom stereocenters. The smallest absolute Gasteiger partial charge is 0.229 e. The minimum absolute atomic E-state index is 0.0571. The summed E-state index contributed by atoms with van der Waals surface area (Å²) in [6.45, 7) is 5.35. The third-order valence-corrected chi connectivity index (χ3v) is 7.18. The highest BCUT2D eigenvalue weighted by atomic mass is 32.2. The highest BCUT2D eigenvalue weighted by Crippen LogP contribution is 2.29. The number of fused-ring (bicyclic) bond motifs is 1. The first-order valence-corrected chi connectivity index (χ1v) is 12.4. The van der Waals surface area contributed by atoms with Gasteiger partial charge in [0.15, 0.2) is 15.0 Å². The third-order valence-electron chi connectivity index (χ3n) is 5.14. The average molecular weight is 446 g/mol. The summed E-state index contributed by atoms with van der Waals surface area (Å²) in [5.41, 5.74) is 2.55. The number of carbonyl (C=O) groups excluding carboxylic acids is 1. The SMILES string of the molecule is Cc1cc(C)nc(N2CCC(C(=O)Nc3nc4ccc(S(C)(=O)=O)cc4s3)CC2)n1. The highest BCUT2D eigenvalue weighted by molar-refractivity contribution is 7.90.